The maximum Gasteiger partial charge on any atom is 0.340 e. The predicted molar refractivity (Wildman–Crippen MR) is 68.6 cm³/mol. The lowest BCUT2D eigenvalue weighted by molar-refractivity contribution is -0.120. The normalized spacial score (nSPS) is 11.6. The minimum atomic E-state index is -4.14. The SMILES string of the molecule is CC(C)CNC(=O)CNS(=O)(=O)c1[nH]ncc1C(=O)O. The first-order valence-electron chi connectivity index (χ1n) is 5.77. The molecule has 1 aromatic rings. The zero-order chi connectivity index (χ0) is 15.3. The molecule has 10 heteroatoms. The number of H-pyrrole nitrogens is 1. The zero-order valence-corrected chi connectivity index (χ0v) is 11.8. The van der Waals surface area contributed by atoms with Crippen molar-refractivity contribution in [3.8, 4) is 0 Å². The lowest BCUT2D eigenvalue weighted by Gasteiger charge is -2.08. The van der Waals surface area contributed by atoms with Crippen LogP contribution in [0.2, 0.25) is 0 Å². The minimum absolute atomic E-state index is 0.238. The standard InChI is InChI=1S/C10H16N4O5S/c1-6(2)3-11-8(15)5-13-20(18,19)9-7(10(16)17)4-12-14-9/h4,6,13H,3,5H2,1-2H3,(H,11,15)(H,12,14)(H,16,17). The van der Waals surface area contributed by atoms with E-state index in [0.717, 1.165) is 6.20 Å². The predicted octanol–water partition coefficient (Wildman–Crippen LogP) is -0.842. The Morgan fingerprint density at radius 1 is 1.45 bits per heavy atom. The van der Waals surface area contributed by atoms with Gasteiger partial charge in [-0.05, 0) is 5.92 Å². The smallest absolute Gasteiger partial charge is 0.340 e. The largest absolute Gasteiger partial charge is 0.478 e. The molecule has 9 nitrogen and oxygen atoms in total. The summed E-state index contributed by atoms with van der Waals surface area (Å²) in [7, 11) is -4.14. The van der Waals surface area contributed by atoms with Crippen LogP contribution in [0.15, 0.2) is 11.2 Å². The van der Waals surface area contributed by atoms with Gasteiger partial charge in [-0.3, -0.25) is 9.89 Å². The molecule has 1 aromatic heterocycles. The van der Waals surface area contributed by atoms with Crippen LogP contribution in [0.4, 0.5) is 0 Å². The number of hydrogen-bond donors (Lipinski definition) is 4. The molecule has 112 valence electrons. The molecule has 0 bridgehead atoms. The molecule has 0 radical (unpaired) electrons. The molecular weight excluding hydrogens is 288 g/mol. The van der Waals surface area contributed by atoms with Gasteiger partial charge in [-0.1, -0.05) is 13.8 Å². The lowest BCUT2D eigenvalue weighted by Crippen LogP contribution is -2.38. The van der Waals surface area contributed by atoms with Gasteiger partial charge in [0, 0.05) is 6.54 Å². The van der Waals surface area contributed by atoms with Gasteiger partial charge in [0.05, 0.1) is 12.7 Å². The van der Waals surface area contributed by atoms with E-state index in [4.69, 9.17) is 5.11 Å². The summed E-state index contributed by atoms with van der Waals surface area (Å²) in [6.07, 6.45) is 0.885. The van der Waals surface area contributed by atoms with Crippen molar-refractivity contribution < 1.29 is 23.1 Å². The van der Waals surface area contributed by atoms with E-state index in [1.54, 1.807) is 0 Å². The number of carbonyl (C=O) groups excluding carboxylic acids is 1. The van der Waals surface area contributed by atoms with Crippen LogP contribution >= 0.6 is 0 Å². The molecule has 0 aliphatic heterocycles. The first-order valence-corrected chi connectivity index (χ1v) is 7.25. The molecule has 0 unspecified atom stereocenters. The summed E-state index contributed by atoms with van der Waals surface area (Å²) in [6.45, 7) is 3.74. The Kier molecular flexibility index (Phi) is 5.22. The van der Waals surface area contributed by atoms with Crippen LogP contribution in [0.3, 0.4) is 0 Å². The van der Waals surface area contributed by atoms with Gasteiger partial charge in [-0.2, -0.15) is 5.10 Å². The van der Waals surface area contributed by atoms with E-state index in [-0.39, 0.29) is 5.92 Å². The molecule has 0 saturated heterocycles. The quantitative estimate of drug-likeness (QED) is 0.517. The number of sulfonamides is 1. The molecule has 0 aliphatic rings. The van der Waals surface area contributed by atoms with Gasteiger partial charge < -0.3 is 10.4 Å². The molecule has 0 aliphatic carbocycles. The Bertz CT molecular complexity index is 593. The van der Waals surface area contributed by atoms with Crippen molar-refractivity contribution in [2.75, 3.05) is 13.1 Å². The first kappa shape index (κ1) is 16.1. The minimum Gasteiger partial charge on any atom is -0.478 e. The third kappa shape index (κ3) is 4.31. The van der Waals surface area contributed by atoms with Crippen molar-refractivity contribution in [3.63, 3.8) is 0 Å². The van der Waals surface area contributed by atoms with Crippen molar-refractivity contribution in [2.45, 2.75) is 18.9 Å². The van der Waals surface area contributed by atoms with Crippen LogP contribution < -0.4 is 10.0 Å². The number of rotatable bonds is 7. The van der Waals surface area contributed by atoms with E-state index < -0.39 is 39.0 Å². The Morgan fingerprint density at radius 3 is 2.65 bits per heavy atom. The number of hydrogen-bond acceptors (Lipinski definition) is 5. The molecule has 0 atom stereocenters. The maximum absolute atomic E-state index is 11.8. The monoisotopic (exact) mass is 304 g/mol. The highest BCUT2D eigenvalue weighted by Crippen LogP contribution is 2.10. The highest BCUT2D eigenvalue weighted by atomic mass is 32.2. The van der Waals surface area contributed by atoms with Gasteiger partial charge in [0.2, 0.25) is 5.91 Å². The summed E-state index contributed by atoms with van der Waals surface area (Å²) >= 11 is 0. The van der Waals surface area contributed by atoms with Crippen molar-refractivity contribution >= 4 is 21.9 Å². The Hall–Kier alpha value is -1.94. The average molecular weight is 304 g/mol. The second kappa shape index (κ2) is 6.48. The van der Waals surface area contributed by atoms with Crippen molar-refractivity contribution in [3.05, 3.63) is 11.8 Å². The number of nitrogens with one attached hydrogen (secondary N) is 3. The van der Waals surface area contributed by atoms with Crippen molar-refractivity contribution in [1.29, 1.82) is 0 Å². The number of carboxylic acids is 1. The van der Waals surface area contributed by atoms with Gasteiger partial charge in [0.25, 0.3) is 10.0 Å². The third-order valence-electron chi connectivity index (χ3n) is 2.23. The highest BCUT2D eigenvalue weighted by molar-refractivity contribution is 7.89. The second-order valence-corrected chi connectivity index (χ2v) is 6.14. The van der Waals surface area contributed by atoms with Crippen LogP contribution in [0.1, 0.15) is 24.2 Å². The van der Waals surface area contributed by atoms with Gasteiger partial charge >= 0.3 is 5.97 Å². The molecule has 1 amide bonds. The van der Waals surface area contributed by atoms with E-state index in [0.29, 0.717) is 6.54 Å². The van der Waals surface area contributed by atoms with Crippen LogP contribution in [-0.4, -0.2) is 48.7 Å². The zero-order valence-electron chi connectivity index (χ0n) is 11.0. The van der Waals surface area contributed by atoms with Gasteiger partial charge in [-0.25, -0.2) is 17.9 Å². The van der Waals surface area contributed by atoms with Crippen LogP contribution in [0.5, 0.6) is 0 Å². The van der Waals surface area contributed by atoms with Gasteiger partial charge in [-0.15, -0.1) is 0 Å². The summed E-state index contributed by atoms with van der Waals surface area (Å²) in [5, 5.41) is 16.2. The lowest BCUT2D eigenvalue weighted by atomic mass is 10.2. The first-order chi connectivity index (χ1) is 9.24. The van der Waals surface area contributed by atoms with E-state index in [1.165, 1.54) is 0 Å². The van der Waals surface area contributed by atoms with E-state index in [2.05, 4.69) is 15.5 Å². The summed E-state index contributed by atoms with van der Waals surface area (Å²) < 4.78 is 25.7. The number of carbonyl (C=O) groups is 2. The number of nitrogens with zero attached hydrogens (tertiary/aromatic N) is 1. The molecule has 4 N–H and O–H groups in total. The highest BCUT2D eigenvalue weighted by Gasteiger charge is 2.25. The van der Waals surface area contributed by atoms with Crippen molar-refractivity contribution in [2.24, 2.45) is 5.92 Å². The molecule has 0 spiro atoms. The molecule has 0 saturated carbocycles. The third-order valence-corrected chi connectivity index (χ3v) is 3.61. The van der Waals surface area contributed by atoms with E-state index in [9.17, 15) is 18.0 Å². The molecule has 0 fully saturated rings. The van der Waals surface area contributed by atoms with Crippen LogP contribution in [0, 0.1) is 5.92 Å². The fourth-order valence-corrected chi connectivity index (χ4v) is 2.31. The number of carboxylic acid groups (broad SMARTS) is 1. The molecule has 1 rings (SSSR count). The average Bonchev–Trinajstić information content (AvgIpc) is 2.84. The van der Waals surface area contributed by atoms with Crippen molar-refractivity contribution in [1.82, 2.24) is 20.2 Å². The summed E-state index contributed by atoms with van der Waals surface area (Å²) in [4.78, 5) is 22.2. The fourth-order valence-electron chi connectivity index (χ4n) is 1.24. The van der Waals surface area contributed by atoms with Crippen LogP contribution in [-0.2, 0) is 14.8 Å². The van der Waals surface area contributed by atoms with Crippen LogP contribution in [0.25, 0.3) is 0 Å². The number of aromatic nitrogens is 2. The molecule has 20 heavy (non-hydrogen) atoms. The Balaban J connectivity index is 2.69. The summed E-state index contributed by atoms with van der Waals surface area (Å²) in [6, 6.07) is 0. The van der Waals surface area contributed by atoms with E-state index >= 15 is 0 Å². The molecular formula is C10H16N4O5S. The topological polar surface area (TPSA) is 141 Å². The van der Waals surface area contributed by atoms with Gasteiger partial charge in [0.15, 0.2) is 5.03 Å². The van der Waals surface area contributed by atoms with E-state index in [1.807, 2.05) is 18.6 Å². The Labute approximate surface area is 115 Å². The maximum atomic E-state index is 11.8. The summed E-state index contributed by atoms with van der Waals surface area (Å²) in [5.74, 6) is -1.69. The Morgan fingerprint density at radius 2 is 2.10 bits per heavy atom. The second-order valence-electron chi connectivity index (χ2n) is 4.44. The van der Waals surface area contributed by atoms with Gasteiger partial charge in [0.1, 0.15) is 5.56 Å². The molecule has 0 aromatic carbocycles. The molecule has 1 heterocycles. The summed E-state index contributed by atoms with van der Waals surface area (Å²) in [5.41, 5.74) is -0.486. The number of aromatic carboxylic acids is 1. The fraction of sp³-hybridized carbons (Fsp3) is 0.500. The number of amides is 1. The number of aromatic amines is 1.